The van der Waals surface area contributed by atoms with Gasteiger partial charge in [0.15, 0.2) is 5.71 Å². The average Bonchev–Trinajstić information content (AvgIpc) is 2.85. The molecule has 0 fully saturated rings. The van der Waals surface area contributed by atoms with E-state index in [1.165, 1.54) is 39.4 Å². The maximum absolute atomic E-state index is 2.38. The molecule has 2 aromatic rings. The third-order valence-corrected chi connectivity index (χ3v) is 6.43. The molecule has 0 saturated carbocycles. The van der Waals surface area contributed by atoms with Crippen LogP contribution < -0.4 is 22.2 Å². The van der Waals surface area contributed by atoms with Gasteiger partial charge < -0.3 is 22.2 Å². The van der Waals surface area contributed by atoms with Gasteiger partial charge in [0.05, 0.1) is 0 Å². The van der Waals surface area contributed by atoms with E-state index in [2.05, 4.69) is 129 Å². The maximum atomic E-state index is 2.38. The van der Waals surface area contributed by atoms with Gasteiger partial charge in [0.2, 0.25) is 0 Å². The summed E-state index contributed by atoms with van der Waals surface area (Å²) in [6.45, 7) is 12.8. The molecule has 0 spiro atoms. The summed E-state index contributed by atoms with van der Waals surface area (Å²) in [6.07, 6.45) is 8.95. The first-order valence-electron chi connectivity index (χ1n) is 11.9. The standard InChI is InChI=1S/C29H38N3.ClH/c1-7-30(5)26-17-11-23(12-18-26)29(24-13-19-27(20-14-24)31(6)8-2)25-15-21-28(22-16-25)32(9-3)10-4;/h11-22H,7-10H2,1-6H3;1H/q+1;/p-1. The SMILES string of the molecule is CCN(C)c1ccc(C(=C2C=CC(=[N+](C)CC)C=C2)c2ccc(N(CC)CC)cc2)cc1.[Cl-]. The lowest BCUT2D eigenvalue weighted by Gasteiger charge is -2.22. The summed E-state index contributed by atoms with van der Waals surface area (Å²) < 4.78 is 2.26. The van der Waals surface area contributed by atoms with Crippen molar-refractivity contribution in [3.63, 3.8) is 0 Å². The number of nitrogens with zero attached hydrogens (tertiary/aromatic N) is 3. The van der Waals surface area contributed by atoms with Crippen LogP contribution in [0.15, 0.2) is 78.4 Å². The average molecular weight is 464 g/mol. The molecule has 0 aromatic heterocycles. The Kier molecular flexibility index (Phi) is 9.99. The molecular weight excluding hydrogens is 426 g/mol. The minimum Gasteiger partial charge on any atom is -1.00 e. The van der Waals surface area contributed by atoms with Gasteiger partial charge in [-0.1, -0.05) is 24.3 Å². The molecule has 4 heteroatoms. The van der Waals surface area contributed by atoms with Crippen LogP contribution >= 0.6 is 0 Å². The Morgan fingerprint density at radius 1 is 0.697 bits per heavy atom. The molecule has 0 atom stereocenters. The van der Waals surface area contributed by atoms with E-state index in [-0.39, 0.29) is 12.4 Å². The Bertz CT molecular complexity index is 1010. The van der Waals surface area contributed by atoms with Gasteiger partial charge in [-0.15, -0.1) is 0 Å². The number of hydrogen-bond acceptors (Lipinski definition) is 2. The molecule has 0 amide bonds. The van der Waals surface area contributed by atoms with Gasteiger partial charge in [0, 0.05) is 50.2 Å². The second-order valence-corrected chi connectivity index (χ2v) is 8.22. The molecule has 0 radical (unpaired) electrons. The Morgan fingerprint density at radius 2 is 1.18 bits per heavy atom. The normalized spacial score (nSPS) is 12.4. The smallest absolute Gasteiger partial charge is 0.199 e. The molecule has 1 aliphatic carbocycles. The van der Waals surface area contributed by atoms with Crippen molar-refractivity contribution in [2.24, 2.45) is 0 Å². The zero-order chi connectivity index (χ0) is 23.1. The van der Waals surface area contributed by atoms with Gasteiger partial charge in [-0.05, 0) is 86.4 Å². The molecule has 0 aliphatic heterocycles. The van der Waals surface area contributed by atoms with Gasteiger partial charge >= 0.3 is 0 Å². The van der Waals surface area contributed by atoms with Crippen LogP contribution in [-0.4, -0.2) is 50.6 Å². The Balaban J connectivity index is 0.00000385. The lowest BCUT2D eigenvalue weighted by molar-refractivity contribution is -0.491. The first-order chi connectivity index (χ1) is 15.5. The summed E-state index contributed by atoms with van der Waals surface area (Å²) in [5.74, 6) is 0. The maximum Gasteiger partial charge on any atom is 0.199 e. The van der Waals surface area contributed by atoms with Crippen LogP contribution in [0.2, 0.25) is 0 Å². The van der Waals surface area contributed by atoms with Crippen LogP contribution in [0, 0.1) is 0 Å². The van der Waals surface area contributed by atoms with E-state index in [4.69, 9.17) is 0 Å². The number of anilines is 2. The van der Waals surface area contributed by atoms with Crippen molar-refractivity contribution in [3.8, 4) is 0 Å². The largest absolute Gasteiger partial charge is 1.00 e. The molecule has 33 heavy (non-hydrogen) atoms. The van der Waals surface area contributed by atoms with Gasteiger partial charge in [-0.2, -0.15) is 0 Å². The molecule has 2 aromatic carbocycles. The number of hydrogen-bond donors (Lipinski definition) is 0. The fourth-order valence-corrected chi connectivity index (χ4v) is 4.06. The van der Waals surface area contributed by atoms with E-state index in [9.17, 15) is 0 Å². The highest BCUT2D eigenvalue weighted by Gasteiger charge is 2.14. The highest BCUT2D eigenvalue weighted by Crippen LogP contribution is 2.32. The number of benzene rings is 2. The van der Waals surface area contributed by atoms with Gasteiger partial charge in [-0.3, -0.25) is 0 Å². The molecule has 176 valence electrons. The molecule has 3 nitrogen and oxygen atoms in total. The molecule has 0 saturated heterocycles. The van der Waals surface area contributed by atoms with E-state index < -0.39 is 0 Å². The van der Waals surface area contributed by atoms with Crippen molar-refractivity contribution in [1.29, 1.82) is 0 Å². The highest BCUT2D eigenvalue weighted by molar-refractivity contribution is 6.04. The predicted molar refractivity (Wildman–Crippen MR) is 141 cm³/mol. The van der Waals surface area contributed by atoms with E-state index in [1.807, 2.05) is 0 Å². The molecule has 0 bridgehead atoms. The van der Waals surface area contributed by atoms with E-state index >= 15 is 0 Å². The Labute approximate surface area is 206 Å². The molecule has 0 unspecified atom stereocenters. The molecule has 0 N–H and O–H groups in total. The lowest BCUT2D eigenvalue weighted by atomic mass is 9.90. The number of allylic oxidation sites excluding steroid dienone is 5. The van der Waals surface area contributed by atoms with Crippen molar-refractivity contribution in [3.05, 3.63) is 89.5 Å². The highest BCUT2D eigenvalue weighted by atomic mass is 35.5. The van der Waals surface area contributed by atoms with Crippen molar-refractivity contribution in [2.75, 3.05) is 50.1 Å². The summed E-state index contributed by atoms with van der Waals surface area (Å²) in [7, 11) is 4.27. The van der Waals surface area contributed by atoms with Crippen molar-refractivity contribution >= 4 is 22.7 Å². The lowest BCUT2D eigenvalue weighted by Crippen LogP contribution is -3.00. The second kappa shape index (κ2) is 12.5. The second-order valence-electron chi connectivity index (χ2n) is 8.22. The third kappa shape index (κ3) is 6.17. The van der Waals surface area contributed by atoms with E-state index in [0.717, 1.165) is 26.2 Å². The molecule has 1 aliphatic rings. The van der Waals surface area contributed by atoms with Crippen LogP contribution in [-0.2, 0) is 0 Å². The summed E-state index contributed by atoms with van der Waals surface area (Å²) in [4.78, 5) is 4.64. The number of rotatable bonds is 8. The fraction of sp³-hybridized carbons (Fsp3) is 0.345. The molecular formula is C29H38ClN3. The molecule has 0 heterocycles. The van der Waals surface area contributed by atoms with Crippen molar-refractivity contribution in [1.82, 2.24) is 0 Å². The van der Waals surface area contributed by atoms with Crippen LogP contribution in [0.3, 0.4) is 0 Å². The summed E-state index contributed by atoms with van der Waals surface area (Å²) in [6, 6.07) is 18.0. The number of halogens is 1. The van der Waals surface area contributed by atoms with Gasteiger partial charge in [0.1, 0.15) is 13.6 Å². The van der Waals surface area contributed by atoms with Crippen LogP contribution in [0.5, 0.6) is 0 Å². The topological polar surface area (TPSA) is 9.49 Å². The summed E-state index contributed by atoms with van der Waals surface area (Å²) >= 11 is 0. The first kappa shape index (κ1) is 26.5. The minimum atomic E-state index is 0. The zero-order valence-electron chi connectivity index (χ0n) is 21.0. The van der Waals surface area contributed by atoms with Gasteiger partial charge in [0.25, 0.3) is 0 Å². The third-order valence-electron chi connectivity index (χ3n) is 6.43. The van der Waals surface area contributed by atoms with Crippen molar-refractivity contribution < 1.29 is 17.0 Å². The minimum absolute atomic E-state index is 0. The fourth-order valence-electron chi connectivity index (χ4n) is 4.06. The Morgan fingerprint density at radius 3 is 1.61 bits per heavy atom. The molecule has 3 rings (SSSR count). The Hall–Kier alpha value is -2.78. The van der Waals surface area contributed by atoms with Crippen LogP contribution in [0.1, 0.15) is 38.8 Å². The van der Waals surface area contributed by atoms with E-state index in [1.54, 1.807) is 0 Å². The predicted octanol–water partition coefficient (Wildman–Crippen LogP) is 3.02. The van der Waals surface area contributed by atoms with E-state index in [0.29, 0.717) is 0 Å². The zero-order valence-corrected chi connectivity index (χ0v) is 21.7. The monoisotopic (exact) mass is 463 g/mol. The van der Waals surface area contributed by atoms with Crippen molar-refractivity contribution in [2.45, 2.75) is 27.7 Å². The van der Waals surface area contributed by atoms with Crippen LogP contribution in [0.25, 0.3) is 5.57 Å². The first-order valence-corrected chi connectivity index (χ1v) is 11.9. The summed E-state index contributed by atoms with van der Waals surface area (Å²) in [5, 5.41) is 0. The van der Waals surface area contributed by atoms with Crippen LogP contribution in [0.4, 0.5) is 11.4 Å². The quantitative estimate of drug-likeness (QED) is 0.557. The van der Waals surface area contributed by atoms with Gasteiger partial charge in [-0.25, -0.2) is 4.58 Å². The summed E-state index contributed by atoms with van der Waals surface area (Å²) in [5.41, 5.74) is 8.76.